The van der Waals surface area contributed by atoms with Gasteiger partial charge in [0.25, 0.3) is 5.91 Å². The molecule has 2 aliphatic rings. The van der Waals surface area contributed by atoms with E-state index >= 15 is 0 Å². The van der Waals surface area contributed by atoms with Gasteiger partial charge in [0.1, 0.15) is 0 Å². The number of likely N-dealkylation sites (tertiary alicyclic amines) is 1. The maximum atomic E-state index is 12.8. The molecule has 2 aromatic rings. The summed E-state index contributed by atoms with van der Waals surface area (Å²) in [6.45, 7) is 5.19. The molecule has 2 aliphatic heterocycles. The molecule has 3 unspecified atom stereocenters. The lowest BCUT2D eigenvalue weighted by Crippen LogP contribution is -2.38. The number of fused-ring (bicyclic) bond motifs is 2. The van der Waals surface area contributed by atoms with Gasteiger partial charge in [0.15, 0.2) is 0 Å². The van der Waals surface area contributed by atoms with Gasteiger partial charge in [-0.05, 0) is 41.7 Å². The minimum atomic E-state index is 0.183. The van der Waals surface area contributed by atoms with Gasteiger partial charge in [0, 0.05) is 31.2 Å². The highest BCUT2D eigenvalue weighted by molar-refractivity contribution is 5.98. The van der Waals surface area contributed by atoms with Crippen LogP contribution in [0.4, 0.5) is 0 Å². The first kappa shape index (κ1) is 12.8. The maximum absolute atomic E-state index is 12.8. The Labute approximate surface area is 124 Å². The predicted molar refractivity (Wildman–Crippen MR) is 84.3 cm³/mol. The second-order valence-electron chi connectivity index (χ2n) is 6.34. The molecule has 4 rings (SSSR count). The third kappa shape index (κ3) is 2.04. The number of carbonyl (C=O) groups is 1. The second-order valence-corrected chi connectivity index (χ2v) is 6.34. The average Bonchev–Trinajstić information content (AvgIpc) is 3.09. The quantitative estimate of drug-likeness (QED) is 0.870. The summed E-state index contributed by atoms with van der Waals surface area (Å²) in [6, 6.07) is 14.6. The molecule has 2 saturated heterocycles. The zero-order valence-electron chi connectivity index (χ0n) is 12.3. The average molecular weight is 280 g/mol. The summed E-state index contributed by atoms with van der Waals surface area (Å²) in [5.74, 6) is 1.43. The molecule has 2 aromatic carbocycles. The summed E-state index contributed by atoms with van der Waals surface area (Å²) in [4.78, 5) is 14.9. The van der Waals surface area contributed by atoms with Crippen molar-refractivity contribution in [2.24, 2.45) is 11.8 Å². The highest BCUT2D eigenvalue weighted by Crippen LogP contribution is 2.33. The molecule has 1 amide bonds. The molecule has 2 heterocycles. The molecule has 0 aromatic heterocycles. The van der Waals surface area contributed by atoms with Crippen LogP contribution >= 0.6 is 0 Å². The Hall–Kier alpha value is -1.87. The number of nitrogens with zero attached hydrogens (tertiary/aromatic N) is 1. The molecule has 3 heteroatoms. The van der Waals surface area contributed by atoms with Crippen LogP contribution < -0.4 is 5.32 Å². The summed E-state index contributed by atoms with van der Waals surface area (Å²) in [5, 5.41) is 5.76. The van der Waals surface area contributed by atoms with E-state index in [-0.39, 0.29) is 5.91 Å². The van der Waals surface area contributed by atoms with E-state index in [1.807, 2.05) is 30.3 Å². The topological polar surface area (TPSA) is 32.3 Å². The van der Waals surface area contributed by atoms with Gasteiger partial charge >= 0.3 is 0 Å². The lowest BCUT2D eigenvalue weighted by Gasteiger charge is -2.24. The molecule has 0 saturated carbocycles. The van der Waals surface area contributed by atoms with E-state index in [2.05, 4.69) is 29.3 Å². The van der Waals surface area contributed by atoms with Crippen LogP contribution in [0.1, 0.15) is 17.3 Å². The Morgan fingerprint density at radius 1 is 1.14 bits per heavy atom. The van der Waals surface area contributed by atoms with Gasteiger partial charge in [0.05, 0.1) is 0 Å². The molecule has 3 atom stereocenters. The molecule has 0 radical (unpaired) electrons. The van der Waals surface area contributed by atoms with Crippen LogP contribution in [-0.2, 0) is 0 Å². The van der Waals surface area contributed by atoms with Crippen molar-refractivity contribution in [3.63, 3.8) is 0 Å². The smallest absolute Gasteiger partial charge is 0.254 e. The van der Waals surface area contributed by atoms with Crippen molar-refractivity contribution in [3.8, 4) is 0 Å². The number of hydrogen-bond donors (Lipinski definition) is 1. The first-order chi connectivity index (χ1) is 10.2. The normalized spacial score (nSPS) is 28.0. The van der Waals surface area contributed by atoms with E-state index in [0.29, 0.717) is 17.9 Å². The van der Waals surface area contributed by atoms with E-state index in [1.165, 1.54) is 5.39 Å². The van der Waals surface area contributed by atoms with Crippen molar-refractivity contribution in [2.45, 2.75) is 13.0 Å². The van der Waals surface area contributed by atoms with E-state index < -0.39 is 0 Å². The molecule has 1 N–H and O–H groups in total. The van der Waals surface area contributed by atoms with Crippen LogP contribution in [0.3, 0.4) is 0 Å². The molecule has 3 nitrogen and oxygen atoms in total. The highest BCUT2D eigenvalue weighted by atomic mass is 16.2. The Morgan fingerprint density at radius 2 is 1.95 bits per heavy atom. The van der Waals surface area contributed by atoms with E-state index in [1.54, 1.807) is 0 Å². The Morgan fingerprint density at radius 3 is 2.76 bits per heavy atom. The summed E-state index contributed by atoms with van der Waals surface area (Å²) in [5.41, 5.74) is 0.813. The molecular weight excluding hydrogens is 260 g/mol. The monoisotopic (exact) mass is 280 g/mol. The van der Waals surface area contributed by atoms with Gasteiger partial charge < -0.3 is 10.2 Å². The summed E-state index contributed by atoms with van der Waals surface area (Å²) in [7, 11) is 0. The van der Waals surface area contributed by atoms with Crippen molar-refractivity contribution in [2.75, 3.05) is 19.6 Å². The summed E-state index contributed by atoms with van der Waals surface area (Å²) >= 11 is 0. The molecule has 0 aliphatic carbocycles. The van der Waals surface area contributed by atoms with Gasteiger partial charge in [-0.15, -0.1) is 0 Å². The largest absolute Gasteiger partial charge is 0.335 e. The second kappa shape index (κ2) is 4.85. The van der Waals surface area contributed by atoms with Crippen molar-refractivity contribution >= 4 is 16.7 Å². The molecule has 21 heavy (non-hydrogen) atoms. The van der Waals surface area contributed by atoms with Crippen molar-refractivity contribution < 1.29 is 4.79 Å². The van der Waals surface area contributed by atoms with Gasteiger partial charge in [0.2, 0.25) is 0 Å². The van der Waals surface area contributed by atoms with Crippen LogP contribution in [-0.4, -0.2) is 36.5 Å². The lowest BCUT2D eigenvalue weighted by molar-refractivity contribution is 0.0728. The lowest BCUT2D eigenvalue weighted by atomic mass is 9.95. The van der Waals surface area contributed by atoms with Crippen LogP contribution in [0, 0.1) is 11.8 Å². The van der Waals surface area contributed by atoms with Gasteiger partial charge in [-0.25, -0.2) is 0 Å². The molecular formula is C18H20N2O. The van der Waals surface area contributed by atoms with Crippen LogP contribution in [0.25, 0.3) is 10.8 Å². The molecule has 0 spiro atoms. The Kier molecular flexibility index (Phi) is 2.96. The minimum Gasteiger partial charge on any atom is -0.335 e. The summed E-state index contributed by atoms with van der Waals surface area (Å²) in [6.07, 6.45) is 0. The predicted octanol–water partition coefficient (Wildman–Crippen LogP) is 2.52. The van der Waals surface area contributed by atoms with Crippen molar-refractivity contribution in [1.29, 1.82) is 0 Å². The fourth-order valence-corrected chi connectivity index (χ4v) is 3.92. The first-order valence-electron chi connectivity index (χ1n) is 7.74. The summed E-state index contributed by atoms with van der Waals surface area (Å²) < 4.78 is 0. The van der Waals surface area contributed by atoms with Crippen LogP contribution in [0.2, 0.25) is 0 Å². The Bertz CT molecular complexity index is 696. The van der Waals surface area contributed by atoms with Gasteiger partial charge in [-0.2, -0.15) is 0 Å². The number of rotatable bonds is 1. The van der Waals surface area contributed by atoms with Crippen LogP contribution in [0.15, 0.2) is 42.5 Å². The van der Waals surface area contributed by atoms with Crippen molar-refractivity contribution in [3.05, 3.63) is 48.0 Å². The third-order valence-electron chi connectivity index (χ3n) is 5.19. The maximum Gasteiger partial charge on any atom is 0.254 e. The molecule has 0 bridgehead atoms. The minimum absolute atomic E-state index is 0.183. The Balaban J connectivity index is 1.64. The first-order valence-corrected chi connectivity index (χ1v) is 7.74. The van der Waals surface area contributed by atoms with E-state index in [9.17, 15) is 4.79 Å². The van der Waals surface area contributed by atoms with E-state index in [0.717, 1.165) is 30.6 Å². The van der Waals surface area contributed by atoms with Crippen molar-refractivity contribution in [1.82, 2.24) is 10.2 Å². The van der Waals surface area contributed by atoms with Crippen LogP contribution in [0.5, 0.6) is 0 Å². The number of carbonyl (C=O) groups excluding carboxylic acids is 1. The van der Waals surface area contributed by atoms with Gasteiger partial charge in [-0.1, -0.05) is 30.3 Å². The fourth-order valence-electron chi connectivity index (χ4n) is 3.92. The highest BCUT2D eigenvalue weighted by Gasteiger charge is 2.43. The standard InChI is InChI=1S/C18H20N2O/c1-12-17-10-19-9-16(17)11-20(12)18(21)15-7-6-13-4-2-3-5-14(13)8-15/h2-8,12,16-17,19H,9-11H2,1H3. The fraction of sp³-hybridized carbons (Fsp3) is 0.389. The SMILES string of the molecule is CC1C2CNCC2CN1C(=O)c1ccc2ccccc2c1. The van der Waals surface area contributed by atoms with Gasteiger partial charge in [-0.3, -0.25) is 4.79 Å². The molecule has 108 valence electrons. The number of amides is 1. The third-order valence-corrected chi connectivity index (χ3v) is 5.19. The number of benzene rings is 2. The number of nitrogens with one attached hydrogen (secondary N) is 1. The zero-order valence-corrected chi connectivity index (χ0v) is 12.3. The van der Waals surface area contributed by atoms with E-state index in [4.69, 9.17) is 0 Å². The zero-order chi connectivity index (χ0) is 14.4. The molecule has 2 fully saturated rings. The number of hydrogen-bond acceptors (Lipinski definition) is 2.